The van der Waals surface area contributed by atoms with E-state index in [2.05, 4.69) is 0 Å². The Morgan fingerprint density at radius 3 is 1.92 bits per heavy atom. The summed E-state index contributed by atoms with van der Waals surface area (Å²) in [4.78, 5) is 20.4. The maximum Gasteiger partial charge on any atom is 0.381 e. The second kappa shape index (κ2) is 2.36. The monoisotopic (exact) mass is 200 g/mol. The number of ketones is 2. The van der Waals surface area contributed by atoms with Crippen LogP contribution in [0.4, 0.5) is 22.0 Å². The number of rotatable bonds is 0. The molecule has 0 radical (unpaired) electrons. The van der Waals surface area contributed by atoms with Crippen LogP contribution in [-0.4, -0.2) is 23.4 Å². The molecule has 0 heterocycles. The molecule has 7 heteroatoms. The highest BCUT2D eigenvalue weighted by Crippen LogP contribution is 2.43. The van der Waals surface area contributed by atoms with Crippen molar-refractivity contribution in [2.75, 3.05) is 0 Å². The molecule has 1 aliphatic carbocycles. The van der Waals surface area contributed by atoms with Crippen molar-refractivity contribution in [3.05, 3.63) is 11.9 Å². The lowest BCUT2D eigenvalue weighted by Gasteiger charge is -2.25. The molecule has 1 rings (SSSR count). The summed E-state index contributed by atoms with van der Waals surface area (Å²) in [5.74, 6) is -17.7. The highest BCUT2D eigenvalue weighted by atomic mass is 19.3. The van der Waals surface area contributed by atoms with E-state index in [1.54, 1.807) is 0 Å². The van der Waals surface area contributed by atoms with Gasteiger partial charge in [-0.2, -0.15) is 17.6 Å². The summed E-state index contributed by atoms with van der Waals surface area (Å²) in [6.07, 6.45) is -0.431. The molecule has 0 bridgehead atoms. The highest BCUT2D eigenvalue weighted by molar-refractivity contribution is 6.45. The third-order valence-corrected chi connectivity index (χ3v) is 1.46. The molecule has 0 aromatic rings. The largest absolute Gasteiger partial charge is 0.381 e. The number of allylic oxidation sites excluding steroid dienone is 2. The summed E-state index contributed by atoms with van der Waals surface area (Å²) in [7, 11) is 0. The van der Waals surface area contributed by atoms with Gasteiger partial charge in [0.25, 0.3) is 5.78 Å². The zero-order chi connectivity index (χ0) is 10.4. The van der Waals surface area contributed by atoms with Crippen LogP contribution in [0.15, 0.2) is 11.9 Å². The topological polar surface area (TPSA) is 34.1 Å². The Morgan fingerprint density at radius 2 is 1.46 bits per heavy atom. The van der Waals surface area contributed by atoms with Gasteiger partial charge in [0.15, 0.2) is 5.83 Å². The lowest BCUT2D eigenvalue weighted by Crippen LogP contribution is -2.53. The first-order valence-electron chi connectivity index (χ1n) is 2.93. The van der Waals surface area contributed by atoms with E-state index in [4.69, 9.17) is 0 Å². The van der Waals surface area contributed by atoms with Crippen LogP contribution in [0.1, 0.15) is 0 Å². The summed E-state index contributed by atoms with van der Waals surface area (Å²) >= 11 is 0. The highest BCUT2D eigenvalue weighted by Gasteiger charge is 2.68. The van der Waals surface area contributed by atoms with Gasteiger partial charge >= 0.3 is 11.8 Å². The number of Topliss-reactive ketones (excluding diaryl/α,β-unsaturated/α-hetero) is 1. The zero-order valence-corrected chi connectivity index (χ0v) is 5.78. The second-order valence-electron chi connectivity index (χ2n) is 2.33. The average Bonchev–Trinajstić information content (AvgIpc) is 2.00. The Morgan fingerprint density at radius 1 is 1.00 bits per heavy atom. The summed E-state index contributed by atoms with van der Waals surface area (Å²) < 4.78 is 61.2. The Balaban J connectivity index is 3.35. The van der Waals surface area contributed by atoms with Gasteiger partial charge < -0.3 is 0 Å². The van der Waals surface area contributed by atoms with E-state index in [0.717, 1.165) is 0 Å². The molecule has 0 amide bonds. The van der Waals surface area contributed by atoms with E-state index in [0.29, 0.717) is 0 Å². The Labute approximate surface area is 68.0 Å². The molecule has 0 aliphatic heterocycles. The lowest BCUT2D eigenvalue weighted by atomic mass is 9.96. The fourth-order valence-corrected chi connectivity index (χ4v) is 0.719. The van der Waals surface area contributed by atoms with Crippen LogP contribution in [0.25, 0.3) is 0 Å². The van der Waals surface area contributed by atoms with Crippen molar-refractivity contribution in [3.8, 4) is 0 Å². The van der Waals surface area contributed by atoms with Gasteiger partial charge in [-0.25, -0.2) is 4.39 Å². The van der Waals surface area contributed by atoms with Gasteiger partial charge in [-0.3, -0.25) is 9.59 Å². The standard InChI is InChI=1S/C6HF5O2/c7-3-1-2(12)4(13)6(10,11)5(3,8)9/h1H. The van der Waals surface area contributed by atoms with Crippen molar-refractivity contribution in [1.29, 1.82) is 0 Å². The smallest absolute Gasteiger partial charge is 0.286 e. The maximum absolute atomic E-state index is 12.3. The van der Waals surface area contributed by atoms with Crippen molar-refractivity contribution in [3.63, 3.8) is 0 Å². The van der Waals surface area contributed by atoms with Crippen molar-refractivity contribution in [1.82, 2.24) is 0 Å². The zero-order valence-electron chi connectivity index (χ0n) is 5.78. The van der Waals surface area contributed by atoms with Gasteiger partial charge in [0.1, 0.15) is 0 Å². The SMILES string of the molecule is O=C1C=C(F)C(F)(F)C(F)(F)C1=O. The fourth-order valence-electron chi connectivity index (χ4n) is 0.719. The van der Waals surface area contributed by atoms with Crippen LogP contribution in [-0.2, 0) is 9.59 Å². The third kappa shape index (κ3) is 1.06. The van der Waals surface area contributed by atoms with Crippen LogP contribution < -0.4 is 0 Å². The Hall–Kier alpha value is -1.27. The van der Waals surface area contributed by atoms with E-state index in [-0.39, 0.29) is 0 Å². The maximum atomic E-state index is 12.3. The second-order valence-corrected chi connectivity index (χ2v) is 2.33. The molecule has 0 N–H and O–H groups in total. The molecule has 0 atom stereocenters. The minimum absolute atomic E-state index is 0.431. The Kier molecular flexibility index (Phi) is 1.78. The van der Waals surface area contributed by atoms with Crippen molar-refractivity contribution >= 4 is 11.6 Å². The molecule has 0 spiro atoms. The minimum atomic E-state index is -5.29. The van der Waals surface area contributed by atoms with Gasteiger partial charge in [0.05, 0.1) is 0 Å². The van der Waals surface area contributed by atoms with Crippen molar-refractivity contribution in [2.45, 2.75) is 11.8 Å². The van der Waals surface area contributed by atoms with E-state index >= 15 is 0 Å². The normalized spacial score (nSPS) is 25.8. The fraction of sp³-hybridized carbons (Fsp3) is 0.333. The molecule has 0 saturated heterocycles. The molecule has 0 unspecified atom stereocenters. The molecular weight excluding hydrogens is 199 g/mol. The molecule has 2 nitrogen and oxygen atoms in total. The van der Waals surface area contributed by atoms with Gasteiger partial charge in [0.2, 0.25) is 5.78 Å². The molecule has 0 aromatic carbocycles. The first-order valence-corrected chi connectivity index (χ1v) is 2.93. The molecular formula is C6HF5O2. The molecule has 0 aromatic heterocycles. The van der Waals surface area contributed by atoms with E-state index in [9.17, 15) is 31.5 Å². The predicted molar refractivity (Wildman–Crippen MR) is 29.1 cm³/mol. The number of carbonyl (C=O) groups is 2. The van der Waals surface area contributed by atoms with Crippen LogP contribution in [0.3, 0.4) is 0 Å². The van der Waals surface area contributed by atoms with Gasteiger partial charge in [0, 0.05) is 6.08 Å². The van der Waals surface area contributed by atoms with Gasteiger partial charge in [-0.1, -0.05) is 0 Å². The molecule has 1 aliphatic rings. The number of hydrogen-bond acceptors (Lipinski definition) is 2. The number of alkyl halides is 4. The minimum Gasteiger partial charge on any atom is -0.286 e. The quantitative estimate of drug-likeness (QED) is 0.435. The summed E-state index contributed by atoms with van der Waals surface area (Å²) in [5.41, 5.74) is 0. The first kappa shape index (κ1) is 9.82. The Bertz CT molecular complexity index is 311. The van der Waals surface area contributed by atoms with Crippen molar-refractivity contribution in [2.24, 2.45) is 0 Å². The van der Waals surface area contributed by atoms with E-state index < -0.39 is 35.3 Å². The van der Waals surface area contributed by atoms with Crippen molar-refractivity contribution < 1.29 is 31.5 Å². The van der Waals surface area contributed by atoms with Gasteiger partial charge in [-0.05, 0) is 0 Å². The summed E-state index contributed by atoms with van der Waals surface area (Å²) in [6.45, 7) is 0. The first-order chi connectivity index (χ1) is 5.71. The van der Waals surface area contributed by atoms with E-state index in [1.807, 2.05) is 0 Å². The summed E-state index contributed by atoms with van der Waals surface area (Å²) in [5, 5.41) is 0. The lowest BCUT2D eigenvalue weighted by molar-refractivity contribution is -0.201. The number of carbonyl (C=O) groups excluding carboxylic acids is 2. The van der Waals surface area contributed by atoms with E-state index in [1.165, 1.54) is 0 Å². The summed E-state index contributed by atoms with van der Waals surface area (Å²) in [6, 6.07) is 0. The number of halogens is 5. The third-order valence-electron chi connectivity index (χ3n) is 1.46. The molecule has 13 heavy (non-hydrogen) atoms. The average molecular weight is 200 g/mol. The van der Waals surface area contributed by atoms with Gasteiger partial charge in [-0.15, -0.1) is 0 Å². The molecule has 0 saturated carbocycles. The van der Waals surface area contributed by atoms with Crippen LogP contribution >= 0.6 is 0 Å². The van der Waals surface area contributed by atoms with Crippen LogP contribution in [0, 0.1) is 0 Å². The number of hydrogen-bond donors (Lipinski definition) is 0. The molecule has 0 fully saturated rings. The van der Waals surface area contributed by atoms with Crippen LogP contribution in [0.5, 0.6) is 0 Å². The van der Waals surface area contributed by atoms with Crippen LogP contribution in [0.2, 0.25) is 0 Å². The molecule has 72 valence electrons. The predicted octanol–water partition coefficient (Wildman–Crippen LogP) is 1.26.